The first-order valence-electron chi connectivity index (χ1n) is 6.66. The van der Waals surface area contributed by atoms with Gasteiger partial charge in [-0.05, 0) is 40.7 Å². The zero-order chi connectivity index (χ0) is 13.1. The van der Waals surface area contributed by atoms with Crippen molar-refractivity contribution in [1.82, 2.24) is 24.7 Å². The summed E-state index contributed by atoms with van der Waals surface area (Å²) < 4.78 is 2.11. The van der Waals surface area contributed by atoms with Gasteiger partial charge in [0.05, 0.1) is 6.04 Å². The molecule has 2 rings (SSSR count). The summed E-state index contributed by atoms with van der Waals surface area (Å²) in [5.41, 5.74) is 0. The van der Waals surface area contributed by atoms with Crippen molar-refractivity contribution in [3.05, 3.63) is 18.2 Å². The Morgan fingerprint density at radius 3 is 2.72 bits per heavy atom. The molecule has 1 aliphatic rings. The van der Waals surface area contributed by atoms with Crippen molar-refractivity contribution >= 4 is 0 Å². The molecule has 1 N–H and O–H groups in total. The standard InChI is InChI=1S/C13H25N5/c1-14-12(13-15-6-9-18(13)4)11-10-16(2)7-5-8-17(11)3/h6,9,11-12,14H,5,7-8,10H2,1-4H3. The molecule has 0 amide bonds. The third-order valence-corrected chi connectivity index (χ3v) is 3.95. The van der Waals surface area contributed by atoms with Crippen molar-refractivity contribution in [2.24, 2.45) is 7.05 Å². The van der Waals surface area contributed by atoms with E-state index in [9.17, 15) is 0 Å². The maximum atomic E-state index is 4.51. The highest BCUT2D eigenvalue weighted by Gasteiger charge is 2.30. The molecule has 0 aromatic carbocycles. The summed E-state index contributed by atoms with van der Waals surface area (Å²) in [6.45, 7) is 3.41. The van der Waals surface area contributed by atoms with E-state index in [2.05, 4.69) is 45.8 Å². The van der Waals surface area contributed by atoms with Gasteiger partial charge >= 0.3 is 0 Å². The Morgan fingerprint density at radius 2 is 2.11 bits per heavy atom. The van der Waals surface area contributed by atoms with Gasteiger partial charge < -0.3 is 19.7 Å². The lowest BCUT2D eigenvalue weighted by Gasteiger charge is -2.34. The SMILES string of the molecule is CNC(c1nccn1C)C1CN(C)CCCN1C. The molecule has 2 atom stereocenters. The molecule has 2 unspecified atom stereocenters. The van der Waals surface area contributed by atoms with Crippen LogP contribution in [0, 0.1) is 0 Å². The van der Waals surface area contributed by atoms with Crippen LogP contribution in [0.25, 0.3) is 0 Å². The maximum Gasteiger partial charge on any atom is 0.127 e. The van der Waals surface area contributed by atoms with Gasteiger partial charge in [0.15, 0.2) is 0 Å². The Hall–Kier alpha value is -0.910. The fourth-order valence-electron chi connectivity index (χ4n) is 2.84. The van der Waals surface area contributed by atoms with Crippen LogP contribution in [-0.4, -0.2) is 66.2 Å². The Balaban J connectivity index is 2.22. The predicted molar refractivity (Wildman–Crippen MR) is 73.5 cm³/mol. The Morgan fingerprint density at radius 1 is 1.33 bits per heavy atom. The van der Waals surface area contributed by atoms with Gasteiger partial charge in [0.2, 0.25) is 0 Å². The lowest BCUT2D eigenvalue weighted by atomic mass is 10.1. The van der Waals surface area contributed by atoms with Crippen LogP contribution in [0.4, 0.5) is 0 Å². The van der Waals surface area contributed by atoms with Crippen LogP contribution >= 0.6 is 0 Å². The third-order valence-electron chi connectivity index (χ3n) is 3.95. The largest absolute Gasteiger partial charge is 0.337 e. The molecule has 2 heterocycles. The van der Waals surface area contributed by atoms with Crippen molar-refractivity contribution in [2.45, 2.75) is 18.5 Å². The summed E-state index contributed by atoms with van der Waals surface area (Å²) in [4.78, 5) is 9.38. The molecule has 18 heavy (non-hydrogen) atoms. The van der Waals surface area contributed by atoms with E-state index in [1.165, 1.54) is 13.0 Å². The van der Waals surface area contributed by atoms with Gasteiger partial charge in [-0.2, -0.15) is 0 Å². The Kier molecular flexibility index (Phi) is 4.37. The maximum absolute atomic E-state index is 4.51. The monoisotopic (exact) mass is 251 g/mol. The van der Waals surface area contributed by atoms with Crippen LogP contribution in [0.15, 0.2) is 12.4 Å². The molecule has 1 fully saturated rings. The molecular weight excluding hydrogens is 226 g/mol. The van der Waals surface area contributed by atoms with Crippen molar-refractivity contribution in [1.29, 1.82) is 0 Å². The van der Waals surface area contributed by atoms with Gasteiger partial charge in [0, 0.05) is 32.0 Å². The molecule has 0 aliphatic carbocycles. The second-order valence-electron chi connectivity index (χ2n) is 5.33. The first kappa shape index (κ1) is 13.5. The van der Waals surface area contributed by atoms with Crippen LogP contribution in [0.1, 0.15) is 18.3 Å². The van der Waals surface area contributed by atoms with Crippen molar-refractivity contribution in [2.75, 3.05) is 40.8 Å². The Labute approximate surface area is 110 Å². The number of aryl methyl sites for hydroxylation is 1. The summed E-state index contributed by atoms with van der Waals surface area (Å²) >= 11 is 0. The average Bonchev–Trinajstić information content (AvgIpc) is 2.67. The zero-order valence-electron chi connectivity index (χ0n) is 11.9. The quantitative estimate of drug-likeness (QED) is 0.839. The van der Waals surface area contributed by atoms with E-state index < -0.39 is 0 Å². The number of likely N-dealkylation sites (N-methyl/N-ethyl adjacent to an activating group) is 3. The molecule has 102 valence electrons. The van der Waals surface area contributed by atoms with Crippen molar-refractivity contribution in [3.63, 3.8) is 0 Å². The molecule has 0 bridgehead atoms. The fraction of sp³-hybridized carbons (Fsp3) is 0.769. The van der Waals surface area contributed by atoms with Crippen LogP contribution in [-0.2, 0) is 7.05 Å². The normalized spacial score (nSPS) is 25.0. The van der Waals surface area contributed by atoms with Gasteiger partial charge in [-0.3, -0.25) is 0 Å². The first-order valence-corrected chi connectivity index (χ1v) is 6.66. The summed E-state index contributed by atoms with van der Waals surface area (Å²) in [7, 11) is 8.51. The number of hydrogen-bond donors (Lipinski definition) is 1. The number of nitrogens with one attached hydrogen (secondary N) is 1. The third kappa shape index (κ3) is 2.74. The number of imidazole rings is 1. The number of nitrogens with zero attached hydrogens (tertiary/aromatic N) is 4. The molecule has 1 aliphatic heterocycles. The highest BCUT2D eigenvalue weighted by molar-refractivity contribution is 5.04. The minimum Gasteiger partial charge on any atom is -0.337 e. The molecule has 1 saturated heterocycles. The minimum atomic E-state index is 0.274. The first-order chi connectivity index (χ1) is 8.63. The van der Waals surface area contributed by atoms with Crippen LogP contribution < -0.4 is 5.32 Å². The van der Waals surface area contributed by atoms with E-state index in [0.29, 0.717) is 6.04 Å². The smallest absolute Gasteiger partial charge is 0.127 e. The molecule has 5 nitrogen and oxygen atoms in total. The molecule has 1 aromatic rings. The second-order valence-corrected chi connectivity index (χ2v) is 5.33. The second kappa shape index (κ2) is 5.82. The lowest BCUT2D eigenvalue weighted by molar-refractivity contribution is 0.177. The van der Waals surface area contributed by atoms with Gasteiger partial charge in [-0.15, -0.1) is 0 Å². The average molecular weight is 251 g/mol. The van der Waals surface area contributed by atoms with E-state index in [1.54, 1.807) is 0 Å². The molecular formula is C13H25N5. The fourth-order valence-corrected chi connectivity index (χ4v) is 2.84. The summed E-state index contributed by atoms with van der Waals surface area (Å²) in [5.74, 6) is 1.12. The van der Waals surface area contributed by atoms with E-state index in [-0.39, 0.29) is 6.04 Å². The predicted octanol–water partition coefficient (Wildman–Crippen LogP) is 0.317. The highest BCUT2D eigenvalue weighted by Crippen LogP contribution is 2.21. The molecule has 0 saturated carbocycles. The molecule has 0 spiro atoms. The summed E-state index contributed by atoms with van der Waals surface area (Å²) in [6.07, 6.45) is 5.13. The van der Waals surface area contributed by atoms with E-state index in [4.69, 9.17) is 0 Å². The van der Waals surface area contributed by atoms with Crippen molar-refractivity contribution < 1.29 is 0 Å². The van der Waals surface area contributed by atoms with Gasteiger partial charge in [0.25, 0.3) is 0 Å². The number of rotatable bonds is 3. The zero-order valence-corrected chi connectivity index (χ0v) is 11.9. The highest BCUT2D eigenvalue weighted by atomic mass is 15.3. The van der Waals surface area contributed by atoms with E-state index in [0.717, 1.165) is 18.9 Å². The minimum absolute atomic E-state index is 0.274. The molecule has 0 radical (unpaired) electrons. The van der Waals surface area contributed by atoms with Gasteiger partial charge in [-0.1, -0.05) is 0 Å². The van der Waals surface area contributed by atoms with Gasteiger partial charge in [-0.25, -0.2) is 4.98 Å². The number of hydrogen-bond acceptors (Lipinski definition) is 4. The van der Waals surface area contributed by atoms with Crippen molar-refractivity contribution in [3.8, 4) is 0 Å². The van der Waals surface area contributed by atoms with Crippen LogP contribution in [0.2, 0.25) is 0 Å². The number of aromatic nitrogens is 2. The van der Waals surface area contributed by atoms with E-state index >= 15 is 0 Å². The summed E-state index contributed by atoms with van der Waals surface area (Å²) in [5, 5.41) is 3.44. The topological polar surface area (TPSA) is 36.3 Å². The Bertz CT molecular complexity index is 375. The van der Waals surface area contributed by atoms with E-state index in [1.807, 2.05) is 19.4 Å². The molecule has 5 heteroatoms. The summed E-state index contributed by atoms with van der Waals surface area (Å²) in [6, 6.07) is 0.735. The van der Waals surface area contributed by atoms with Crippen LogP contribution in [0.5, 0.6) is 0 Å². The molecule has 1 aromatic heterocycles. The van der Waals surface area contributed by atoms with Crippen LogP contribution in [0.3, 0.4) is 0 Å². The lowest BCUT2D eigenvalue weighted by Crippen LogP contribution is -2.47. The van der Waals surface area contributed by atoms with Gasteiger partial charge in [0.1, 0.15) is 5.82 Å².